The zero-order chi connectivity index (χ0) is 25.0. The number of carbonyl (C=O) groups is 3. The average Bonchev–Trinajstić information content (AvgIpc) is 3.04. The molecule has 0 saturated carbocycles. The Bertz CT molecular complexity index is 1300. The molecule has 1 atom stereocenters. The molecule has 0 radical (unpaired) electrons. The Morgan fingerprint density at radius 3 is 2.32 bits per heavy atom. The molecule has 3 amide bonds. The van der Waals surface area contributed by atoms with Crippen LogP contribution in [0.2, 0.25) is 0 Å². The highest BCUT2D eigenvalue weighted by molar-refractivity contribution is 6.20. The third kappa shape index (κ3) is 4.30. The quantitative estimate of drug-likeness (QED) is 0.430. The summed E-state index contributed by atoms with van der Waals surface area (Å²) in [6, 6.07) is 6.38. The van der Waals surface area contributed by atoms with E-state index >= 15 is 0 Å². The van der Waals surface area contributed by atoms with E-state index in [2.05, 4.69) is 4.98 Å². The fourth-order valence-corrected chi connectivity index (χ4v) is 3.94. The molecule has 9 heteroatoms. The van der Waals surface area contributed by atoms with E-state index in [1.54, 1.807) is 72.9 Å². The SMILES string of the molecule is C[C@@H]1CN(C(=O)OC(C)(C)C)c2c(oc3ccc4ncccc4c23)C(=O)N1C(=O)OC(C)(C)C. The number of furan rings is 1. The average molecular weight is 468 g/mol. The highest BCUT2D eigenvalue weighted by atomic mass is 16.6. The number of pyridine rings is 1. The second kappa shape index (κ2) is 8.00. The molecule has 1 aliphatic rings. The second-order valence-electron chi connectivity index (χ2n) is 10.4. The molecule has 0 bridgehead atoms. The van der Waals surface area contributed by atoms with Crippen LogP contribution >= 0.6 is 0 Å². The number of benzene rings is 1. The topological polar surface area (TPSA) is 102 Å². The molecule has 0 aliphatic carbocycles. The Balaban J connectivity index is 1.96. The number of amides is 3. The number of hydrogen-bond donors (Lipinski definition) is 0. The zero-order valence-corrected chi connectivity index (χ0v) is 20.5. The van der Waals surface area contributed by atoms with Gasteiger partial charge in [-0.15, -0.1) is 0 Å². The summed E-state index contributed by atoms with van der Waals surface area (Å²) in [5.41, 5.74) is -0.259. The van der Waals surface area contributed by atoms with E-state index in [1.807, 2.05) is 6.07 Å². The van der Waals surface area contributed by atoms with Gasteiger partial charge in [-0.25, -0.2) is 14.5 Å². The predicted octanol–water partition coefficient (Wildman–Crippen LogP) is 5.50. The summed E-state index contributed by atoms with van der Waals surface area (Å²) >= 11 is 0. The van der Waals surface area contributed by atoms with Crippen LogP contribution in [0.5, 0.6) is 0 Å². The molecule has 4 rings (SSSR count). The van der Waals surface area contributed by atoms with Crippen molar-refractivity contribution in [2.75, 3.05) is 11.4 Å². The van der Waals surface area contributed by atoms with Gasteiger partial charge >= 0.3 is 18.1 Å². The van der Waals surface area contributed by atoms with E-state index in [1.165, 1.54) is 4.90 Å². The lowest BCUT2D eigenvalue weighted by molar-refractivity contribution is 0.0172. The number of aromatic nitrogens is 1. The molecule has 0 spiro atoms. The molecule has 180 valence electrons. The third-order valence-corrected chi connectivity index (χ3v) is 5.19. The van der Waals surface area contributed by atoms with Crippen molar-refractivity contribution >= 4 is 45.7 Å². The highest BCUT2D eigenvalue weighted by Crippen LogP contribution is 2.41. The minimum absolute atomic E-state index is 0.00181. The fourth-order valence-electron chi connectivity index (χ4n) is 3.94. The standard InChI is InChI=1S/C25H29N3O6/c1-14-13-27(22(30)33-24(2,3)4)19-18-15-9-8-12-26-16(15)10-11-17(18)32-20(19)21(29)28(14)23(31)34-25(5,6)7/h8-12,14H,13H2,1-7H3/t14-/m1/s1. The molecular formula is C25H29N3O6. The first kappa shape index (κ1) is 23.5. The molecule has 3 aromatic rings. The summed E-state index contributed by atoms with van der Waals surface area (Å²) in [5, 5.41) is 1.27. The van der Waals surface area contributed by atoms with E-state index in [9.17, 15) is 14.4 Å². The Morgan fingerprint density at radius 1 is 1.03 bits per heavy atom. The third-order valence-electron chi connectivity index (χ3n) is 5.19. The maximum absolute atomic E-state index is 13.7. The number of ether oxygens (including phenoxy) is 2. The molecule has 0 fully saturated rings. The van der Waals surface area contributed by atoms with Crippen LogP contribution in [0.25, 0.3) is 21.9 Å². The van der Waals surface area contributed by atoms with Crippen molar-refractivity contribution in [1.29, 1.82) is 0 Å². The smallest absolute Gasteiger partial charge is 0.417 e. The summed E-state index contributed by atoms with van der Waals surface area (Å²) in [6.07, 6.45) is 0.202. The van der Waals surface area contributed by atoms with Crippen LogP contribution in [-0.2, 0) is 9.47 Å². The lowest BCUT2D eigenvalue weighted by Crippen LogP contribution is -2.49. The lowest BCUT2D eigenvalue weighted by Gasteiger charge is -2.31. The Kier molecular flexibility index (Phi) is 5.54. The van der Waals surface area contributed by atoms with Crippen molar-refractivity contribution in [1.82, 2.24) is 9.88 Å². The van der Waals surface area contributed by atoms with Gasteiger partial charge < -0.3 is 13.9 Å². The Morgan fingerprint density at radius 2 is 1.68 bits per heavy atom. The summed E-state index contributed by atoms with van der Waals surface area (Å²) in [5.74, 6) is -0.816. The number of imide groups is 1. The zero-order valence-electron chi connectivity index (χ0n) is 20.5. The summed E-state index contributed by atoms with van der Waals surface area (Å²) in [6.45, 7) is 12.1. The highest BCUT2D eigenvalue weighted by Gasteiger charge is 2.43. The van der Waals surface area contributed by atoms with E-state index in [0.29, 0.717) is 21.9 Å². The summed E-state index contributed by atoms with van der Waals surface area (Å²) in [7, 11) is 0. The number of carbonyl (C=O) groups excluding carboxylic acids is 3. The lowest BCUT2D eigenvalue weighted by atomic mass is 10.1. The van der Waals surface area contributed by atoms with Crippen molar-refractivity contribution in [3.8, 4) is 0 Å². The van der Waals surface area contributed by atoms with E-state index in [0.717, 1.165) is 4.90 Å². The van der Waals surface area contributed by atoms with Crippen LogP contribution in [0.3, 0.4) is 0 Å². The van der Waals surface area contributed by atoms with Crippen LogP contribution in [-0.4, -0.2) is 51.8 Å². The molecule has 1 aliphatic heterocycles. The van der Waals surface area contributed by atoms with E-state index in [4.69, 9.17) is 13.9 Å². The first-order valence-electron chi connectivity index (χ1n) is 11.1. The largest absolute Gasteiger partial charge is 0.449 e. The van der Waals surface area contributed by atoms with Gasteiger partial charge in [-0.1, -0.05) is 6.07 Å². The maximum atomic E-state index is 13.7. The number of nitrogens with zero attached hydrogens (tertiary/aromatic N) is 3. The monoisotopic (exact) mass is 467 g/mol. The van der Waals surface area contributed by atoms with Crippen LogP contribution in [0.4, 0.5) is 15.3 Å². The van der Waals surface area contributed by atoms with Crippen molar-refractivity contribution in [2.45, 2.75) is 65.7 Å². The fraction of sp³-hybridized carbons (Fsp3) is 0.440. The van der Waals surface area contributed by atoms with Crippen molar-refractivity contribution < 1.29 is 28.3 Å². The van der Waals surface area contributed by atoms with Crippen molar-refractivity contribution in [3.63, 3.8) is 0 Å². The molecule has 2 aromatic heterocycles. The van der Waals surface area contributed by atoms with Crippen LogP contribution in [0.15, 0.2) is 34.9 Å². The maximum Gasteiger partial charge on any atom is 0.417 e. The minimum atomic E-state index is -0.813. The molecule has 0 N–H and O–H groups in total. The van der Waals surface area contributed by atoms with Crippen LogP contribution in [0.1, 0.15) is 59.0 Å². The van der Waals surface area contributed by atoms with Gasteiger partial charge in [0.15, 0.2) is 0 Å². The van der Waals surface area contributed by atoms with Crippen LogP contribution < -0.4 is 4.90 Å². The molecule has 34 heavy (non-hydrogen) atoms. The second-order valence-corrected chi connectivity index (χ2v) is 10.4. The number of hydrogen-bond acceptors (Lipinski definition) is 7. The molecular weight excluding hydrogens is 438 g/mol. The van der Waals surface area contributed by atoms with Gasteiger partial charge in [0.05, 0.1) is 23.5 Å². The number of fused-ring (bicyclic) bond motifs is 5. The van der Waals surface area contributed by atoms with Gasteiger partial charge in [0, 0.05) is 11.6 Å². The van der Waals surface area contributed by atoms with Gasteiger partial charge in [0.1, 0.15) is 22.5 Å². The Hall–Kier alpha value is -3.62. The first-order chi connectivity index (χ1) is 15.8. The van der Waals surface area contributed by atoms with Gasteiger partial charge in [-0.3, -0.25) is 14.7 Å². The summed E-state index contributed by atoms with van der Waals surface area (Å²) < 4.78 is 17.1. The number of rotatable bonds is 0. The van der Waals surface area contributed by atoms with Gasteiger partial charge in [-0.2, -0.15) is 0 Å². The van der Waals surface area contributed by atoms with Gasteiger partial charge in [0.2, 0.25) is 5.76 Å². The van der Waals surface area contributed by atoms with Gasteiger partial charge in [-0.05, 0) is 66.7 Å². The molecule has 3 heterocycles. The molecule has 9 nitrogen and oxygen atoms in total. The van der Waals surface area contributed by atoms with E-state index < -0.39 is 35.3 Å². The van der Waals surface area contributed by atoms with Crippen molar-refractivity contribution in [3.05, 3.63) is 36.2 Å². The minimum Gasteiger partial charge on any atom is -0.449 e. The first-order valence-corrected chi connectivity index (χ1v) is 11.1. The number of anilines is 1. The normalized spacial score (nSPS) is 17.0. The predicted molar refractivity (Wildman–Crippen MR) is 127 cm³/mol. The van der Waals surface area contributed by atoms with Crippen molar-refractivity contribution in [2.24, 2.45) is 0 Å². The van der Waals surface area contributed by atoms with E-state index in [-0.39, 0.29) is 18.0 Å². The van der Waals surface area contributed by atoms with Gasteiger partial charge in [0.25, 0.3) is 0 Å². The van der Waals surface area contributed by atoms with Crippen LogP contribution in [0, 0.1) is 0 Å². The molecule has 1 aromatic carbocycles. The molecule has 0 unspecified atom stereocenters. The summed E-state index contributed by atoms with van der Waals surface area (Å²) in [4.78, 5) is 46.8. The Labute approximate surface area is 197 Å². The molecule has 0 saturated heterocycles.